The van der Waals surface area contributed by atoms with Gasteiger partial charge in [0.25, 0.3) is 0 Å². The first-order valence-corrected chi connectivity index (χ1v) is 7.78. The van der Waals surface area contributed by atoms with Crippen molar-refractivity contribution in [1.82, 2.24) is 20.4 Å². The van der Waals surface area contributed by atoms with Crippen LogP contribution in [0.5, 0.6) is 0 Å². The second kappa shape index (κ2) is 6.39. The Morgan fingerprint density at radius 1 is 1.38 bits per heavy atom. The van der Waals surface area contributed by atoms with E-state index in [2.05, 4.69) is 20.4 Å². The number of hydrogen-bond donors (Lipinski definition) is 1. The van der Waals surface area contributed by atoms with Gasteiger partial charge in [-0.25, -0.2) is 0 Å². The van der Waals surface area contributed by atoms with Gasteiger partial charge in [0, 0.05) is 32.4 Å². The summed E-state index contributed by atoms with van der Waals surface area (Å²) >= 11 is 0. The predicted molar refractivity (Wildman–Crippen MR) is 81.1 cm³/mol. The number of hydrogen-bond acceptors (Lipinski definition) is 5. The molecule has 1 amide bonds. The summed E-state index contributed by atoms with van der Waals surface area (Å²) in [5.74, 6) is 1.19. The summed E-state index contributed by atoms with van der Waals surface area (Å²) in [5, 5.41) is 11.4. The van der Waals surface area contributed by atoms with Crippen LogP contribution < -0.4 is 10.2 Å². The van der Waals surface area contributed by atoms with Gasteiger partial charge >= 0.3 is 0 Å². The van der Waals surface area contributed by atoms with E-state index in [9.17, 15) is 4.79 Å². The molecule has 3 rings (SSSR count). The highest BCUT2D eigenvalue weighted by Gasteiger charge is 2.31. The van der Waals surface area contributed by atoms with E-state index in [1.54, 1.807) is 6.20 Å². The topological polar surface area (TPSA) is 61.4 Å². The van der Waals surface area contributed by atoms with Crippen molar-refractivity contribution in [3.63, 3.8) is 0 Å². The van der Waals surface area contributed by atoms with Crippen molar-refractivity contribution in [2.45, 2.75) is 37.8 Å². The Balaban J connectivity index is 1.54. The number of carbonyl (C=O) groups is 1. The molecule has 2 aliphatic heterocycles. The number of anilines is 1. The quantitative estimate of drug-likeness (QED) is 0.885. The molecule has 3 heterocycles. The second-order valence-corrected chi connectivity index (χ2v) is 5.90. The summed E-state index contributed by atoms with van der Waals surface area (Å²) in [7, 11) is 1.95. The Morgan fingerprint density at radius 3 is 2.81 bits per heavy atom. The number of aromatic nitrogens is 2. The fourth-order valence-corrected chi connectivity index (χ4v) is 3.27. The molecule has 1 unspecified atom stereocenters. The summed E-state index contributed by atoms with van der Waals surface area (Å²) in [4.78, 5) is 16.6. The van der Waals surface area contributed by atoms with Crippen molar-refractivity contribution in [3.8, 4) is 0 Å². The standard InChI is InChI=1S/C15H23N5O/c1-19(15(21)13-4-2-8-16-13)12-6-10-20(11-7-12)14-5-3-9-17-18-14/h3,5,9,12-13,16H,2,4,6-8,10-11H2,1H3. The largest absolute Gasteiger partial charge is 0.355 e. The lowest BCUT2D eigenvalue weighted by molar-refractivity contribution is -0.134. The molecule has 1 aromatic heterocycles. The summed E-state index contributed by atoms with van der Waals surface area (Å²) in [5.41, 5.74) is 0. The van der Waals surface area contributed by atoms with E-state index < -0.39 is 0 Å². The molecule has 1 atom stereocenters. The van der Waals surface area contributed by atoms with Crippen LogP contribution in [0.25, 0.3) is 0 Å². The zero-order valence-corrected chi connectivity index (χ0v) is 12.5. The molecule has 21 heavy (non-hydrogen) atoms. The minimum atomic E-state index is 0.0352. The second-order valence-electron chi connectivity index (χ2n) is 5.90. The van der Waals surface area contributed by atoms with Crippen molar-refractivity contribution in [3.05, 3.63) is 18.3 Å². The zero-order valence-electron chi connectivity index (χ0n) is 12.5. The Hall–Kier alpha value is -1.69. The molecule has 2 saturated heterocycles. The van der Waals surface area contributed by atoms with Crippen molar-refractivity contribution in [1.29, 1.82) is 0 Å². The molecule has 1 N–H and O–H groups in total. The molecule has 6 nitrogen and oxygen atoms in total. The Kier molecular flexibility index (Phi) is 4.34. The molecule has 2 fully saturated rings. The van der Waals surface area contributed by atoms with Crippen LogP contribution in [-0.2, 0) is 4.79 Å². The number of nitrogens with one attached hydrogen (secondary N) is 1. The van der Waals surface area contributed by atoms with Crippen LogP contribution in [0.4, 0.5) is 5.82 Å². The van der Waals surface area contributed by atoms with E-state index in [-0.39, 0.29) is 11.9 Å². The third kappa shape index (κ3) is 3.15. The van der Waals surface area contributed by atoms with Crippen molar-refractivity contribution < 1.29 is 4.79 Å². The molecule has 0 saturated carbocycles. The highest BCUT2D eigenvalue weighted by molar-refractivity contribution is 5.82. The predicted octanol–water partition coefficient (Wildman–Crippen LogP) is 0.656. The van der Waals surface area contributed by atoms with E-state index in [1.807, 2.05) is 24.1 Å². The normalized spacial score (nSPS) is 23.3. The number of carbonyl (C=O) groups excluding carboxylic acids is 1. The summed E-state index contributed by atoms with van der Waals surface area (Å²) in [6.45, 7) is 2.83. The number of nitrogens with zero attached hydrogens (tertiary/aromatic N) is 4. The molecule has 0 spiro atoms. The van der Waals surface area contributed by atoms with Crippen LogP contribution in [-0.4, -0.2) is 59.8 Å². The lowest BCUT2D eigenvalue weighted by atomic mass is 10.0. The molecule has 2 aliphatic rings. The SMILES string of the molecule is CN(C(=O)C1CCCN1)C1CCN(c2cccnn2)CC1. The van der Waals surface area contributed by atoms with Crippen LogP contribution in [0.15, 0.2) is 18.3 Å². The third-order valence-electron chi connectivity index (χ3n) is 4.60. The first kappa shape index (κ1) is 14.3. The molecule has 1 aromatic rings. The average molecular weight is 289 g/mol. The van der Waals surface area contributed by atoms with Gasteiger partial charge in [-0.2, -0.15) is 5.10 Å². The lowest BCUT2D eigenvalue weighted by Gasteiger charge is -2.37. The number of piperidine rings is 1. The first-order valence-electron chi connectivity index (χ1n) is 7.78. The fraction of sp³-hybridized carbons (Fsp3) is 0.667. The molecule has 0 radical (unpaired) electrons. The van der Waals surface area contributed by atoms with Crippen LogP contribution in [0, 0.1) is 0 Å². The van der Waals surface area contributed by atoms with Gasteiger partial charge in [-0.1, -0.05) is 0 Å². The van der Waals surface area contributed by atoms with Gasteiger partial charge in [0.15, 0.2) is 5.82 Å². The van der Waals surface area contributed by atoms with Gasteiger partial charge in [0.1, 0.15) is 0 Å². The summed E-state index contributed by atoms with van der Waals surface area (Å²) in [6, 6.07) is 4.28. The maximum Gasteiger partial charge on any atom is 0.239 e. The lowest BCUT2D eigenvalue weighted by Crippen LogP contribution is -2.50. The van der Waals surface area contributed by atoms with Crippen molar-refractivity contribution >= 4 is 11.7 Å². The molecule has 0 aliphatic carbocycles. The Morgan fingerprint density at radius 2 is 2.19 bits per heavy atom. The maximum atomic E-state index is 12.4. The van der Waals surface area contributed by atoms with E-state index in [1.165, 1.54) is 0 Å². The van der Waals surface area contributed by atoms with Crippen LogP contribution in [0.1, 0.15) is 25.7 Å². The van der Waals surface area contributed by atoms with E-state index in [4.69, 9.17) is 0 Å². The zero-order chi connectivity index (χ0) is 14.7. The highest BCUT2D eigenvalue weighted by atomic mass is 16.2. The van der Waals surface area contributed by atoms with Gasteiger partial charge in [0.05, 0.1) is 6.04 Å². The Bertz CT molecular complexity index is 466. The minimum absolute atomic E-state index is 0.0352. The minimum Gasteiger partial charge on any atom is -0.355 e. The number of amides is 1. The van der Waals surface area contributed by atoms with E-state index in [0.717, 1.165) is 51.1 Å². The van der Waals surface area contributed by atoms with Crippen LogP contribution >= 0.6 is 0 Å². The van der Waals surface area contributed by atoms with Crippen molar-refractivity contribution in [2.24, 2.45) is 0 Å². The molecular formula is C15H23N5O. The van der Waals surface area contributed by atoms with Gasteiger partial charge in [-0.15, -0.1) is 5.10 Å². The monoisotopic (exact) mass is 289 g/mol. The highest BCUT2D eigenvalue weighted by Crippen LogP contribution is 2.21. The molecule has 0 bridgehead atoms. The van der Waals surface area contributed by atoms with E-state index in [0.29, 0.717) is 6.04 Å². The van der Waals surface area contributed by atoms with Crippen LogP contribution in [0.2, 0.25) is 0 Å². The smallest absolute Gasteiger partial charge is 0.239 e. The Labute approximate surface area is 125 Å². The molecule has 6 heteroatoms. The van der Waals surface area contributed by atoms with E-state index >= 15 is 0 Å². The summed E-state index contributed by atoms with van der Waals surface area (Å²) < 4.78 is 0. The van der Waals surface area contributed by atoms with Crippen LogP contribution in [0.3, 0.4) is 0 Å². The molecule has 0 aromatic carbocycles. The van der Waals surface area contributed by atoms with Gasteiger partial charge < -0.3 is 15.1 Å². The third-order valence-corrected chi connectivity index (χ3v) is 4.60. The van der Waals surface area contributed by atoms with Gasteiger partial charge in [-0.05, 0) is 44.4 Å². The van der Waals surface area contributed by atoms with Gasteiger partial charge in [-0.3, -0.25) is 4.79 Å². The van der Waals surface area contributed by atoms with Crippen molar-refractivity contribution in [2.75, 3.05) is 31.6 Å². The average Bonchev–Trinajstić information content (AvgIpc) is 3.09. The maximum absolute atomic E-state index is 12.4. The number of rotatable bonds is 3. The van der Waals surface area contributed by atoms with Gasteiger partial charge in [0.2, 0.25) is 5.91 Å². The molecular weight excluding hydrogens is 266 g/mol. The summed E-state index contributed by atoms with van der Waals surface area (Å²) in [6.07, 6.45) is 5.76. The fourth-order valence-electron chi connectivity index (χ4n) is 3.27. The molecule has 114 valence electrons. The first-order chi connectivity index (χ1) is 10.3. The number of likely N-dealkylation sites (N-methyl/N-ethyl adjacent to an activating group) is 1.